The molecule has 0 amide bonds. The molecule has 0 aromatic heterocycles. The number of ether oxygens (including phenoxy) is 1. The van der Waals surface area contributed by atoms with E-state index < -0.39 is 5.41 Å². The Bertz CT molecular complexity index is 1150. The highest BCUT2D eigenvalue weighted by molar-refractivity contribution is 5.87. The zero-order chi connectivity index (χ0) is 25.3. The fraction of sp³-hybridized carbons (Fsp3) is 0.455. The average molecular weight is 483 g/mol. The van der Waals surface area contributed by atoms with Crippen LogP contribution < -0.4 is 0 Å². The highest BCUT2D eigenvalue weighted by Crippen LogP contribution is 2.62. The van der Waals surface area contributed by atoms with Gasteiger partial charge in [0.05, 0.1) is 12.5 Å². The summed E-state index contributed by atoms with van der Waals surface area (Å²) in [6.07, 6.45) is 9.37. The number of benzene rings is 2. The summed E-state index contributed by atoms with van der Waals surface area (Å²) in [7, 11) is 1.52. The molecule has 2 aromatic rings. The van der Waals surface area contributed by atoms with Gasteiger partial charge in [-0.15, -0.1) is 0 Å². The summed E-state index contributed by atoms with van der Waals surface area (Å²) in [5, 5.41) is 0. The van der Waals surface area contributed by atoms with E-state index in [4.69, 9.17) is 4.74 Å². The molecule has 0 spiro atoms. The maximum atomic E-state index is 13.3. The molecule has 0 aliphatic heterocycles. The lowest BCUT2D eigenvalue weighted by Gasteiger charge is -2.56. The van der Waals surface area contributed by atoms with Crippen molar-refractivity contribution in [1.82, 2.24) is 0 Å². The number of carbonyl (C=O) groups is 2. The number of fused-ring (bicyclic) bond motifs is 2. The Hall–Kier alpha value is -2.94. The average Bonchev–Trinajstić information content (AvgIpc) is 2.90. The van der Waals surface area contributed by atoms with Gasteiger partial charge < -0.3 is 4.74 Å². The third-order valence-electron chi connectivity index (χ3n) is 9.52. The second-order valence-electron chi connectivity index (χ2n) is 11.4. The minimum atomic E-state index is -0.440. The van der Waals surface area contributed by atoms with Crippen LogP contribution in [0.4, 0.5) is 0 Å². The molecule has 0 saturated heterocycles. The van der Waals surface area contributed by atoms with Crippen molar-refractivity contribution >= 4 is 17.3 Å². The smallest absolute Gasteiger partial charge is 0.311 e. The Labute approximate surface area is 215 Å². The van der Waals surface area contributed by atoms with Crippen LogP contribution in [0.5, 0.6) is 0 Å². The number of carbonyl (C=O) groups excluding carboxylic acids is 2. The summed E-state index contributed by atoms with van der Waals surface area (Å²) in [6.45, 7) is 4.49. The molecule has 3 aliphatic rings. The lowest BCUT2D eigenvalue weighted by atomic mass is 9.47. The van der Waals surface area contributed by atoms with E-state index >= 15 is 0 Å². The maximum Gasteiger partial charge on any atom is 0.311 e. The van der Waals surface area contributed by atoms with Gasteiger partial charge in [0.25, 0.3) is 0 Å². The van der Waals surface area contributed by atoms with Crippen molar-refractivity contribution in [2.24, 2.45) is 22.7 Å². The number of Topliss-reactive ketones (excluding diaryl/α,β-unsaturated/α-hetero) is 1. The summed E-state index contributed by atoms with van der Waals surface area (Å²) >= 11 is 0. The molecular formula is C33H38O3. The molecule has 1 unspecified atom stereocenters. The van der Waals surface area contributed by atoms with Crippen molar-refractivity contribution in [3.05, 3.63) is 89.0 Å². The van der Waals surface area contributed by atoms with Crippen LogP contribution in [0.2, 0.25) is 0 Å². The molecule has 0 radical (unpaired) electrons. The fourth-order valence-corrected chi connectivity index (χ4v) is 7.76. The molecule has 4 atom stereocenters. The molecule has 0 N–H and O–H groups in total. The first-order valence-electron chi connectivity index (χ1n) is 13.5. The summed E-state index contributed by atoms with van der Waals surface area (Å²) < 4.78 is 5.29. The van der Waals surface area contributed by atoms with E-state index in [0.717, 1.165) is 44.9 Å². The first-order valence-corrected chi connectivity index (χ1v) is 13.5. The van der Waals surface area contributed by atoms with Crippen molar-refractivity contribution in [3.8, 4) is 0 Å². The molecule has 0 bridgehead atoms. The standard InChI is InChI=1S/C33H38O3/c1-32-21-10-22-33(2,31(35)36-3)30(32)20-17-26-27(29(34)19-18-28(26)32)16-15-25(23-11-6-4-7-12-23)24-13-8-5-9-14-24/h4-9,11-15,27,30H,10,16-22H2,1-3H3/t27?,30-,32-,33-/m1/s1. The molecule has 3 nitrogen and oxygen atoms in total. The maximum absolute atomic E-state index is 13.3. The van der Waals surface area contributed by atoms with Crippen LogP contribution >= 0.6 is 0 Å². The quantitative estimate of drug-likeness (QED) is 0.326. The monoisotopic (exact) mass is 482 g/mol. The van der Waals surface area contributed by atoms with Crippen LogP contribution in [0.1, 0.15) is 76.3 Å². The van der Waals surface area contributed by atoms with E-state index in [9.17, 15) is 9.59 Å². The molecule has 188 valence electrons. The van der Waals surface area contributed by atoms with E-state index in [2.05, 4.69) is 68.5 Å². The van der Waals surface area contributed by atoms with Crippen molar-refractivity contribution in [2.45, 2.75) is 65.2 Å². The predicted octanol–water partition coefficient (Wildman–Crippen LogP) is 7.56. The summed E-state index contributed by atoms with van der Waals surface area (Å²) in [6, 6.07) is 21.0. The third-order valence-corrected chi connectivity index (χ3v) is 9.52. The number of ketones is 1. The van der Waals surface area contributed by atoms with E-state index in [0.29, 0.717) is 12.2 Å². The van der Waals surface area contributed by atoms with Crippen LogP contribution in [0, 0.1) is 22.7 Å². The highest BCUT2D eigenvalue weighted by atomic mass is 16.5. The van der Waals surface area contributed by atoms with E-state index in [1.807, 2.05) is 12.1 Å². The van der Waals surface area contributed by atoms with Gasteiger partial charge in [-0.3, -0.25) is 9.59 Å². The van der Waals surface area contributed by atoms with E-state index in [1.54, 1.807) is 0 Å². The normalized spacial score (nSPS) is 29.7. The second kappa shape index (κ2) is 9.84. The molecule has 1 saturated carbocycles. The van der Waals surface area contributed by atoms with Gasteiger partial charge in [-0.2, -0.15) is 0 Å². The molecule has 0 heterocycles. The Morgan fingerprint density at radius 2 is 1.58 bits per heavy atom. The van der Waals surface area contributed by atoms with Crippen molar-refractivity contribution in [2.75, 3.05) is 7.11 Å². The van der Waals surface area contributed by atoms with Crippen molar-refractivity contribution in [3.63, 3.8) is 0 Å². The van der Waals surface area contributed by atoms with Crippen LogP contribution in [0.3, 0.4) is 0 Å². The van der Waals surface area contributed by atoms with E-state index in [-0.39, 0.29) is 23.2 Å². The zero-order valence-corrected chi connectivity index (χ0v) is 21.9. The number of rotatable bonds is 5. The van der Waals surface area contributed by atoms with Crippen LogP contribution in [-0.2, 0) is 14.3 Å². The largest absolute Gasteiger partial charge is 0.469 e. The van der Waals surface area contributed by atoms with Crippen LogP contribution in [-0.4, -0.2) is 18.9 Å². The van der Waals surface area contributed by atoms with Gasteiger partial charge >= 0.3 is 5.97 Å². The van der Waals surface area contributed by atoms with Gasteiger partial charge in [0.1, 0.15) is 5.78 Å². The molecule has 3 aliphatic carbocycles. The first kappa shape index (κ1) is 24.7. The summed E-state index contributed by atoms with van der Waals surface area (Å²) in [5.41, 5.74) is 5.93. The SMILES string of the molecule is COC(=O)[C@]1(C)CCC[C@]2(C)C3=C(CC[C@@H]12)C(CC=C(c1ccccc1)c1ccccc1)C(=O)CC3. The van der Waals surface area contributed by atoms with Gasteiger partial charge in [0.15, 0.2) is 0 Å². The number of esters is 1. The van der Waals surface area contributed by atoms with E-state index in [1.165, 1.54) is 35.0 Å². The van der Waals surface area contributed by atoms with Crippen molar-refractivity contribution in [1.29, 1.82) is 0 Å². The number of methoxy groups -OCH3 is 1. The van der Waals surface area contributed by atoms with Crippen LogP contribution in [0.25, 0.3) is 5.57 Å². The molecule has 5 rings (SSSR count). The molecule has 2 aromatic carbocycles. The minimum absolute atomic E-state index is 0.0286. The van der Waals surface area contributed by atoms with Gasteiger partial charge in [0.2, 0.25) is 0 Å². The Kier molecular flexibility index (Phi) is 6.76. The van der Waals surface area contributed by atoms with Crippen LogP contribution in [0.15, 0.2) is 77.9 Å². The van der Waals surface area contributed by atoms with Gasteiger partial charge in [0, 0.05) is 12.3 Å². The molecule has 1 fully saturated rings. The summed E-state index contributed by atoms with van der Waals surface area (Å²) in [5.74, 6) is 0.530. The van der Waals surface area contributed by atoms with Gasteiger partial charge in [-0.05, 0) is 73.5 Å². The second-order valence-corrected chi connectivity index (χ2v) is 11.4. The fourth-order valence-electron chi connectivity index (χ4n) is 7.76. The lowest BCUT2D eigenvalue weighted by molar-refractivity contribution is -0.163. The minimum Gasteiger partial charge on any atom is -0.469 e. The zero-order valence-electron chi connectivity index (χ0n) is 21.9. The highest BCUT2D eigenvalue weighted by Gasteiger charge is 2.57. The summed E-state index contributed by atoms with van der Waals surface area (Å²) in [4.78, 5) is 26.3. The molecular weight excluding hydrogens is 444 g/mol. The third kappa shape index (κ3) is 4.17. The predicted molar refractivity (Wildman–Crippen MR) is 144 cm³/mol. The Balaban J connectivity index is 1.52. The molecule has 36 heavy (non-hydrogen) atoms. The number of hydrogen-bond acceptors (Lipinski definition) is 3. The van der Waals surface area contributed by atoms with Gasteiger partial charge in [-0.1, -0.05) is 91.2 Å². The molecule has 3 heteroatoms. The Morgan fingerprint density at radius 1 is 0.944 bits per heavy atom. The van der Waals surface area contributed by atoms with Crippen molar-refractivity contribution < 1.29 is 14.3 Å². The lowest BCUT2D eigenvalue weighted by Crippen LogP contribution is -2.52. The topological polar surface area (TPSA) is 43.4 Å². The Morgan fingerprint density at radius 3 is 2.19 bits per heavy atom. The van der Waals surface area contributed by atoms with Gasteiger partial charge in [-0.25, -0.2) is 0 Å². The number of allylic oxidation sites excluding steroid dienone is 3. The number of hydrogen-bond donors (Lipinski definition) is 0. The first-order chi connectivity index (χ1) is 17.4.